The number of carbonyl (C=O) groups excluding carboxylic acids is 1. The summed E-state index contributed by atoms with van der Waals surface area (Å²) in [6.45, 7) is 4.39. The molecular formula is C19H25N3O5. The first-order valence-corrected chi connectivity index (χ1v) is 8.70. The summed E-state index contributed by atoms with van der Waals surface area (Å²) in [6.07, 6.45) is 0.549. The maximum atomic E-state index is 12.0. The first-order chi connectivity index (χ1) is 12.9. The highest BCUT2D eigenvalue weighted by Gasteiger charge is 2.12. The fourth-order valence-electron chi connectivity index (χ4n) is 2.47. The highest BCUT2D eigenvalue weighted by atomic mass is 16.5. The lowest BCUT2D eigenvalue weighted by Crippen LogP contribution is -2.28. The Hall–Kier alpha value is -3.03. The van der Waals surface area contributed by atoms with Gasteiger partial charge in [0.1, 0.15) is 11.4 Å². The van der Waals surface area contributed by atoms with E-state index in [1.165, 1.54) is 0 Å². The SMILES string of the molecule is Cc1nn(C)c(C)c1OCC(=O)NCc1ccc(OCCCC(=O)O)cc1. The van der Waals surface area contributed by atoms with E-state index in [1.807, 2.05) is 33.0 Å². The van der Waals surface area contributed by atoms with Gasteiger partial charge in [-0.25, -0.2) is 0 Å². The summed E-state index contributed by atoms with van der Waals surface area (Å²) in [4.78, 5) is 22.4. The number of amides is 1. The minimum atomic E-state index is -0.831. The van der Waals surface area contributed by atoms with Gasteiger partial charge in [-0.2, -0.15) is 5.10 Å². The van der Waals surface area contributed by atoms with Gasteiger partial charge in [-0.05, 0) is 38.0 Å². The third kappa shape index (κ3) is 6.32. The van der Waals surface area contributed by atoms with Gasteiger partial charge in [-0.15, -0.1) is 0 Å². The zero-order valence-corrected chi connectivity index (χ0v) is 15.8. The maximum Gasteiger partial charge on any atom is 0.303 e. The second-order valence-electron chi connectivity index (χ2n) is 6.18. The number of aryl methyl sites for hydroxylation is 2. The second-order valence-corrected chi connectivity index (χ2v) is 6.18. The number of nitrogens with zero attached hydrogens (tertiary/aromatic N) is 2. The van der Waals surface area contributed by atoms with Crippen LogP contribution in [0.4, 0.5) is 0 Å². The molecule has 0 atom stereocenters. The predicted molar refractivity (Wildman–Crippen MR) is 98.8 cm³/mol. The number of hydrogen-bond donors (Lipinski definition) is 2. The zero-order valence-electron chi connectivity index (χ0n) is 15.8. The molecule has 0 saturated heterocycles. The molecule has 0 radical (unpaired) electrons. The van der Waals surface area contributed by atoms with E-state index in [0.717, 1.165) is 17.0 Å². The summed E-state index contributed by atoms with van der Waals surface area (Å²) >= 11 is 0. The normalized spacial score (nSPS) is 10.5. The molecule has 8 nitrogen and oxygen atoms in total. The summed E-state index contributed by atoms with van der Waals surface area (Å²) < 4.78 is 12.8. The number of carboxylic acid groups (broad SMARTS) is 1. The zero-order chi connectivity index (χ0) is 19.8. The fraction of sp³-hybridized carbons (Fsp3) is 0.421. The van der Waals surface area contributed by atoms with E-state index in [1.54, 1.807) is 16.8 Å². The molecule has 2 rings (SSSR count). The predicted octanol–water partition coefficient (Wildman–Crippen LogP) is 1.98. The smallest absolute Gasteiger partial charge is 0.303 e. The number of carbonyl (C=O) groups is 2. The Labute approximate surface area is 158 Å². The lowest BCUT2D eigenvalue weighted by molar-refractivity contribution is -0.137. The van der Waals surface area contributed by atoms with Gasteiger partial charge < -0.3 is 19.9 Å². The average molecular weight is 375 g/mol. The highest BCUT2D eigenvalue weighted by Crippen LogP contribution is 2.21. The number of ether oxygens (including phenoxy) is 2. The molecule has 0 aliphatic rings. The van der Waals surface area contributed by atoms with Gasteiger partial charge in [0.2, 0.25) is 0 Å². The molecule has 0 fully saturated rings. The Morgan fingerprint density at radius 3 is 2.48 bits per heavy atom. The molecule has 1 aromatic carbocycles. The standard InChI is InChI=1S/C19H25N3O5/c1-13-19(14(2)22(3)21-13)27-12-17(23)20-11-15-6-8-16(9-7-15)26-10-4-5-18(24)25/h6-9H,4-5,10-12H2,1-3H3,(H,20,23)(H,24,25). The molecule has 8 heteroatoms. The van der Waals surface area contributed by atoms with Crippen molar-refractivity contribution in [3.63, 3.8) is 0 Å². The van der Waals surface area contributed by atoms with E-state index in [0.29, 0.717) is 31.1 Å². The number of carboxylic acids is 1. The summed E-state index contributed by atoms with van der Waals surface area (Å²) in [6, 6.07) is 7.29. The molecule has 0 saturated carbocycles. The minimum Gasteiger partial charge on any atom is -0.494 e. The van der Waals surface area contributed by atoms with Crippen LogP contribution < -0.4 is 14.8 Å². The maximum absolute atomic E-state index is 12.0. The Morgan fingerprint density at radius 2 is 1.89 bits per heavy atom. The van der Waals surface area contributed by atoms with Crippen LogP contribution in [0.2, 0.25) is 0 Å². The van der Waals surface area contributed by atoms with Crippen molar-refractivity contribution in [3.8, 4) is 11.5 Å². The number of rotatable bonds is 10. The molecule has 27 heavy (non-hydrogen) atoms. The largest absolute Gasteiger partial charge is 0.494 e. The molecule has 0 spiro atoms. The van der Waals surface area contributed by atoms with Crippen LogP contribution >= 0.6 is 0 Å². The van der Waals surface area contributed by atoms with Crippen molar-refractivity contribution in [2.45, 2.75) is 33.2 Å². The van der Waals surface area contributed by atoms with E-state index in [9.17, 15) is 9.59 Å². The fourth-order valence-corrected chi connectivity index (χ4v) is 2.47. The second kappa shape index (κ2) is 9.61. The third-order valence-corrected chi connectivity index (χ3v) is 4.01. The summed E-state index contributed by atoms with van der Waals surface area (Å²) in [7, 11) is 1.83. The average Bonchev–Trinajstić information content (AvgIpc) is 2.88. The Kier molecular flexibility index (Phi) is 7.22. The topological polar surface area (TPSA) is 103 Å². The van der Waals surface area contributed by atoms with Crippen LogP contribution in [-0.4, -0.2) is 40.0 Å². The van der Waals surface area contributed by atoms with Crippen LogP contribution in [0.25, 0.3) is 0 Å². The molecule has 1 aromatic heterocycles. The number of hydrogen-bond acceptors (Lipinski definition) is 5. The monoisotopic (exact) mass is 375 g/mol. The highest BCUT2D eigenvalue weighted by molar-refractivity contribution is 5.77. The quantitative estimate of drug-likeness (QED) is 0.616. The molecule has 1 heterocycles. The number of aromatic nitrogens is 2. The molecule has 146 valence electrons. The van der Waals surface area contributed by atoms with Crippen LogP contribution in [0.5, 0.6) is 11.5 Å². The first kappa shape index (κ1) is 20.3. The number of benzene rings is 1. The van der Waals surface area contributed by atoms with Crippen molar-refractivity contribution in [1.82, 2.24) is 15.1 Å². The van der Waals surface area contributed by atoms with E-state index in [2.05, 4.69) is 10.4 Å². The van der Waals surface area contributed by atoms with E-state index >= 15 is 0 Å². The van der Waals surface area contributed by atoms with Crippen molar-refractivity contribution in [2.24, 2.45) is 7.05 Å². The Balaban J connectivity index is 1.72. The molecule has 0 bridgehead atoms. The van der Waals surface area contributed by atoms with Crippen LogP contribution in [0.1, 0.15) is 29.8 Å². The van der Waals surface area contributed by atoms with E-state index < -0.39 is 5.97 Å². The van der Waals surface area contributed by atoms with Crippen molar-refractivity contribution in [2.75, 3.05) is 13.2 Å². The number of aliphatic carboxylic acids is 1. The number of nitrogens with one attached hydrogen (secondary N) is 1. The van der Waals surface area contributed by atoms with Gasteiger partial charge in [0.15, 0.2) is 12.4 Å². The molecule has 2 N–H and O–H groups in total. The van der Waals surface area contributed by atoms with Crippen molar-refractivity contribution in [3.05, 3.63) is 41.2 Å². The molecular weight excluding hydrogens is 350 g/mol. The first-order valence-electron chi connectivity index (χ1n) is 8.70. The van der Waals surface area contributed by atoms with E-state index in [-0.39, 0.29) is 18.9 Å². The van der Waals surface area contributed by atoms with Gasteiger partial charge in [0.05, 0.1) is 12.3 Å². The van der Waals surface area contributed by atoms with Gasteiger partial charge >= 0.3 is 5.97 Å². The van der Waals surface area contributed by atoms with Crippen LogP contribution in [-0.2, 0) is 23.2 Å². The molecule has 0 aliphatic carbocycles. The van der Waals surface area contributed by atoms with Gasteiger partial charge in [-0.1, -0.05) is 12.1 Å². The summed E-state index contributed by atoms with van der Waals surface area (Å²) in [5, 5.41) is 15.6. The lowest BCUT2D eigenvalue weighted by Gasteiger charge is -2.09. The summed E-state index contributed by atoms with van der Waals surface area (Å²) in [5.74, 6) is 0.257. The molecule has 2 aromatic rings. The van der Waals surface area contributed by atoms with Gasteiger partial charge in [-0.3, -0.25) is 14.3 Å². The van der Waals surface area contributed by atoms with Crippen LogP contribution in [0, 0.1) is 13.8 Å². The van der Waals surface area contributed by atoms with Crippen LogP contribution in [0.3, 0.4) is 0 Å². The third-order valence-electron chi connectivity index (χ3n) is 4.01. The molecule has 1 amide bonds. The van der Waals surface area contributed by atoms with Crippen molar-refractivity contribution < 1.29 is 24.2 Å². The summed E-state index contributed by atoms with van der Waals surface area (Å²) in [5.41, 5.74) is 2.55. The van der Waals surface area contributed by atoms with Crippen molar-refractivity contribution >= 4 is 11.9 Å². The van der Waals surface area contributed by atoms with Crippen molar-refractivity contribution in [1.29, 1.82) is 0 Å². The van der Waals surface area contributed by atoms with Gasteiger partial charge in [0, 0.05) is 20.0 Å². The Bertz CT molecular complexity index is 783. The minimum absolute atomic E-state index is 0.0713. The van der Waals surface area contributed by atoms with E-state index in [4.69, 9.17) is 14.6 Å². The molecule has 0 aliphatic heterocycles. The Morgan fingerprint density at radius 1 is 1.19 bits per heavy atom. The lowest BCUT2D eigenvalue weighted by atomic mass is 10.2. The van der Waals surface area contributed by atoms with Crippen LogP contribution in [0.15, 0.2) is 24.3 Å². The van der Waals surface area contributed by atoms with Gasteiger partial charge in [0.25, 0.3) is 5.91 Å². The molecule has 0 unspecified atom stereocenters.